The van der Waals surface area contributed by atoms with Crippen LogP contribution in [0.3, 0.4) is 0 Å². The molecule has 0 spiro atoms. The molecular formula is C15H18O2. The van der Waals surface area contributed by atoms with Crippen LogP contribution in [0.15, 0.2) is 59.3 Å². The SMILES string of the molecule is C=C\C(C=O)=C/C=C(C)/C(C)=C/C=C(\C)C=O. The molecular weight excluding hydrogens is 212 g/mol. The minimum absolute atomic E-state index is 0.539. The van der Waals surface area contributed by atoms with Gasteiger partial charge in [-0.2, -0.15) is 0 Å². The van der Waals surface area contributed by atoms with Crippen molar-refractivity contribution in [1.82, 2.24) is 0 Å². The van der Waals surface area contributed by atoms with Crippen molar-refractivity contribution in [2.75, 3.05) is 0 Å². The molecule has 0 aromatic carbocycles. The number of hydrogen-bond donors (Lipinski definition) is 0. The zero-order valence-electron chi connectivity index (χ0n) is 10.6. The van der Waals surface area contributed by atoms with E-state index in [1.807, 2.05) is 26.0 Å². The molecule has 0 radical (unpaired) electrons. The van der Waals surface area contributed by atoms with Crippen LogP contribution in [-0.4, -0.2) is 12.6 Å². The Labute approximate surface area is 103 Å². The molecule has 2 heteroatoms. The Hall–Kier alpha value is -1.96. The fraction of sp³-hybridized carbons (Fsp3) is 0.200. The molecule has 0 atom stereocenters. The average Bonchev–Trinajstić information content (AvgIpc) is 2.36. The van der Waals surface area contributed by atoms with Crippen LogP contribution in [0.1, 0.15) is 20.8 Å². The molecule has 0 heterocycles. The van der Waals surface area contributed by atoms with Crippen molar-refractivity contribution in [3.05, 3.63) is 59.3 Å². The topological polar surface area (TPSA) is 34.1 Å². The molecule has 0 aliphatic heterocycles. The van der Waals surface area contributed by atoms with Crippen molar-refractivity contribution in [2.45, 2.75) is 20.8 Å². The summed E-state index contributed by atoms with van der Waals surface area (Å²) >= 11 is 0. The molecule has 0 saturated heterocycles. The third-order valence-corrected chi connectivity index (χ3v) is 2.30. The minimum Gasteiger partial charge on any atom is -0.298 e. The maximum absolute atomic E-state index is 10.5. The minimum atomic E-state index is 0.539. The van der Waals surface area contributed by atoms with Crippen LogP contribution < -0.4 is 0 Å². The van der Waals surface area contributed by atoms with Gasteiger partial charge in [0.2, 0.25) is 0 Å². The molecule has 0 N–H and O–H groups in total. The third kappa shape index (κ3) is 6.25. The highest BCUT2D eigenvalue weighted by molar-refractivity contribution is 5.77. The van der Waals surface area contributed by atoms with Crippen LogP contribution in [0.4, 0.5) is 0 Å². The Morgan fingerprint density at radius 2 is 1.35 bits per heavy atom. The summed E-state index contributed by atoms with van der Waals surface area (Å²) in [5, 5.41) is 0. The highest BCUT2D eigenvalue weighted by Crippen LogP contribution is 2.09. The number of carbonyl (C=O) groups excluding carboxylic acids is 2. The first-order valence-corrected chi connectivity index (χ1v) is 5.32. The summed E-state index contributed by atoms with van der Waals surface area (Å²) in [6, 6.07) is 0. The fourth-order valence-corrected chi connectivity index (χ4v) is 0.935. The van der Waals surface area contributed by atoms with Crippen LogP contribution in [0.25, 0.3) is 0 Å². The molecule has 0 aromatic rings. The van der Waals surface area contributed by atoms with Crippen LogP contribution in [-0.2, 0) is 9.59 Å². The van der Waals surface area contributed by atoms with E-state index in [4.69, 9.17) is 0 Å². The van der Waals surface area contributed by atoms with Gasteiger partial charge >= 0.3 is 0 Å². The van der Waals surface area contributed by atoms with Crippen LogP contribution in [0.2, 0.25) is 0 Å². The normalized spacial score (nSPS) is 14.5. The van der Waals surface area contributed by atoms with Crippen molar-refractivity contribution in [3.63, 3.8) is 0 Å². The summed E-state index contributed by atoms with van der Waals surface area (Å²) in [4.78, 5) is 20.9. The van der Waals surface area contributed by atoms with Crippen LogP contribution in [0, 0.1) is 0 Å². The number of carbonyl (C=O) groups is 2. The smallest absolute Gasteiger partial charge is 0.150 e. The zero-order chi connectivity index (χ0) is 13.3. The first-order valence-electron chi connectivity index (χ1n) is 5.32. The second-order valence-corrected chi connectivity index (χ2v) is 3.72. The largest absolute Gasteiger partial charge is 0.298 e. The van der Waals surface area contributed by atoms with Gasteiger partial charge in [0.25, 0.3) is 0 Å². The Balaban J connectivity index is 4.93. The maximum Gasteiger partial charge on any atom is 0.150 e. The molecule has 17 heavy (non-hydrogen) atoms. The van der Waals surface area contributed by atoms with Gasteiger partial charge in [-0.05, 0) is 37.5 Å². The number of allylic oxidation sites excluding steroid dienone is 9. The third-order valence-electron chi connectivity index (χ3n) is 2.30. The van der Waals surface area contributed by atoms with Gasteiger partial charge in [0.05, 0.1) is 0 Å². The van der Waals surface area contributed by atoms with Crippen molar-refractivity contribution in [3.8, 4) is 0 Å². The van der Waals surface area contributed by atoms with Gasteiger partial charge < -0.3 is 0 Å². The van der Waals surface area contributed by atoms with Crippen LogP contribution >= 0.6 is 0 Å². The average molecular weight is 230 g/mol. The van der Waals surface area contributed by atoms with Gasteiger partial charge in [0.1, 0.15) is 12.6 Å². The first kappa shape index (κ1) is 15.0. The molecule has 0 aromatic heterocycles. The van der Waals surface area contributed by atoms with E-state index in [-0.39, 0.29) is 0 Å². The van der Waals surface area contributed by atoms with E-state index in [2.05, 4.69) is 6.58 Å². The van der Waals surface area contributed by atoms with Gasteiger partial charge in [0, 0.05) is 5.57 Å². The van der Waals surface area contributed by atoms with Gasteiger partial charge in [0.15, 0.2) is 0 Å². The number of rotatable bonds is 6. The molecule has 0 amide bonds. The van der Waals surface area contributed by atoms with E-state index < -0.39 is 0 Å². The van der Waals surface area contributed by atoms with Crippen molar-refractivity contribution in [2.24, 2.45) is 0 Å². The van der Waals surface area contributed by atoms with E-state index in [0.29, 0.717) is 11.1 Å². The van der Waals surface area contributed by atoms with Gasteiger partial charge in [-0.15, -0.1) is 0 Å². The molecule has 0 bridgehead atoms. The quantitative estimate of drug-likeness (QED) is 0.398. The van der Waals surface area contributed by atoms with Gasteiger partial charge in [-0.25, -0.2) is 0 Å². The Morgan fingerprint density at radius 1 is 0.824 bits per heavy atom. The molecule has 0 unspecified atom stereocenters. The van der Waals surface area contributed by atoms with E-state index in [0.717, 1.165) is 23.7 Å². The zero-order valence-corrected chi connectivity index (χ0v) is 10.6. The molecule has 90 valence electrons. The summed E-state index contributed by atoms with van der Waals surface area (Å²) in [6.45, 7) is 9.17. The predicted octanol–water partition coefficient (Wildman–Crippen LogP) is 3.34. The van der Waals surface area contributed by atoms with Crippen molar-refractivity contribution < 1.29 is 9.59 Å². The number of hydrogen-bond acceptors (Lipinski definition) is 2. The highest BCUT2D eigenvalue weighted by Gasteiger charge is 1.91. The molecule has 0 aliphatic rings. The highest BCUT2D eigenvalue weighted by atomic mass is 16.1. The lowest BCUT2D eigenvalue weighted by Gasteiger charge is -1.98. The second kappa shape index (κ2) is 8.22. The van der Waals surface area contributed by atoms with Crippen molar-refractivity contribution in [1.29, 1.82) is 0 Å². The summed E-state index contributed by atoms with van der Waals surface area (Å²) < 4.78 is 0. The lowest BCUT2D eigenvalue weighted by molar-refractivity contribution is -0.105. The molecule has 0 fully saturated rings. The van der Waals surface area contributed by atoms with E-state index in [1.165, 1.54) is 6.08 Å². The second-order valence-electron chi connectivity index (χ2n) is 3.72. The van der Waals surface area contributed by atoms with Crippen molar-refractivity contribution >= 4 is 12.6 Å². The lowest BCUT2D eigenvalue weighted by Crippen LogP contribution is -1.81. The molecule has 0 aliphatic carbocycles. The molecule has 0 rings (SSSR count). The Morgan fingerprint density at radius 3 is 1.76 bits per heavy atom. The van der Waals surface area contributed by atoms with E-state index in [1.54, 1.807) is 19.1 Å². The Bertz CT molecular complexity index is 408. The fourth-order valence-electron chi connectivity index (χ4n) is 0.935. The Kier molecular flexibility index (Phi) is 7.27. The molecule has 2 nitrogen and oxygen atoms in total. The van der Waals surface area contributed by atoms with Gasteiger partial charge in [-0.3, -0.25) is 9.59 Å². The van der Waals surface area contributed by atoms with E-state index >= 15 is 0 Å². The summed E-state index contributed by atoms with van der Waals surface area (Å²) in [7, 11) is 0. The predicted molar refractivity (Wildman–Crippen MR) is 71.7 cm³/mol. The standard InChI is InChI=1S/C15H18O2/c1-5-15(11-17)9-8-14(4)13(3)7-6-12(2)10-16/h5-11H,1H2,2-4H3/b12-6+,13-7+,14-8+,15-9+. The van der Waals surface area contributed by atoms with Gasteiger partial charge in [-0.1, -0.05) is 37.0 Å². The first-order chi connectivity index (χ1) is 8.04. The summed E-state index contributed by atoms with van der Waals surface area (Å²) in [6.07, 6.45) is 10.3. The van der Waals surface area contributed by atoms with E-state index in [9.17, 15) is 9.59 Å². The van der Waals surface area contributed by atoms with Crippen LogP contribution in [0.5, 0.6) is 0 Å². The summed E-state index contributed by atoms with van der Waals surface area (Å²) in [5.74, 6) is 0. The lowest BCUT2D eigenvalue weighted by atomic mass is 10.1. The summed E-state index contributed by atoms with van der Waals surface area (Å²) in [5.41, 5.74) is 3.28. The number of aldehydes is 2. The molecule has 0 saturated carbocycles. The maximum atomic E-state index is 10.5. The monoisotopic (exact) mass is 230 g/mol.